The van der Waals surface area contributed by atoms with E-state index < -0.39 is 0 Å². The quantitative estimate of drug-likeness (QED) is 0.922. The maximum atomic E-state index is 12.5. The van der Waals surface area contributed by atoms with Gasteiger partial charge in [0.25, 0.3) is 0 Å². The van der Waals surface area contributed by atoms with Gasteiger partial charge in [-0.3, -0.25) is 9.48 Å². The summed E-state index contributed by atoms with van der Waals surface area (Å²) < 4.78 is 1.98. The first kappa shape index (κ1) is 14.6. The van der Waals surface area contributed by atoms with Gasteiger partial charge in [-0.2, -0.15) is 5.10 Å². The van der Waals surface area contributed by atoms with Gasteiger partial charge in [0.05, 0.1) is 12.1 Å². The normalized spacial score (nSPS) is 27.2. The molecular weight excluding hydrogens is 264 g/mol. The second-order valence-corrected chi connectivity index (χ2v) is 6.43. The highest BCUT2D eigenvalue weighted by atomic mass is 16.2. The molecule has 2 heterocycles. The summed E-state index contributed by atoms with van der Waals surface area (Å²) in [5.41, 5.74) is 7.39. The zero-order valence-electron chi connectivity index (χ0n) is 12.9. The lowest BCUT2D eigenvalue weighted by atomic mass is 9.90. The van der Waals surface area contributed by atoms with Crippen molar-refractivity contribution in [1.82, 2.24) is 14.7 Å². The van der Waals surface area contributed by atoms with Crippen molar-refractivity contribution in [1.29, 1.82) is 0 Å². The Balaban J connectivity index is 1.56. The second kappa shape index (κ2) is 6.18. The lowest BCUT2D eigenvalue weighted by Gasteiger charge is -2.34. The Morgan fingerprint density at radius 1 is 1.33 bits per heavy atom. The van der Waals surface area contributed by atoms with Crippen molar-refractivity contribution in [3.05, 3.63) is 18.0 Å². The number of carbonyl (C=O) groups is 1. The molecule has 1 aromatic rings. The van der Waals surface area contributed by atoms with E-state index in [-0.39, 0.29) is 12.0 Å². The summed E-state index contributed by atoms with van der Waals surface area (Å²) in [6.07, 6.45) is 9.30. The molecule has 1 saturated carbocycles. The lowest BCUT2D eigenvalue weighted by Crippen LogP contribution is -2.45. The number of nitrogens with zero attached hydrogens (tertiary/aromatic N) is 3. The van der Waals surface area contributed by atoms with Crippen LogP contribution in [0.25, 0.3) is 0 Å². The molecule has 2 atom stereocenters. The van der Waals surface area contributed by atoms with E-state index in [1.54, 1.807) is 0 Å². The molecule has 0 unspecified atom stereocenters. The fourth-order valence-corrected chi connectivity index (χ4v) is 3.73. The summed E-state index contributed by atoms with van der Waals surface area (Å²) in [4.78, 5) is 14.6. The van der Waals surface area contributed by atoms with Gasteiger partial charge in [-0.15, -0.1) is 0 Å². The Morgan fingerprint density at radius 3 is 2.67 bits per heavy atom. The molecular formula is C16H26N4O. The number of piperidine rings is 1. The number of nitrogens with two attached hydrogens (primary N) is 1. The summed E-state index contributed by atoms with van der Waals surface area (Å²) in [7, 11) is 0. The summed E-state index contributed by atoms with van der Waals surface area (Å²) in [6.45, 7) is 4.74. The molecule has 1 amide bonds. The molecule has 5 nitrogen and oxygen atoms in total. The largest absolute Gasteiger partial charge is 0.342 e. The Kier molecular flexibility index (Phi) is 4.29. The number of hydrogen-bond acceptors (Lipinski definition) is 3. The number of carbonyl (C=O) groups excluding carboxylic acids is 1. The third-order valence-corrected chi connectivity index (χ3v) is 5.14. The molecule has 116 valence electrons. The summed E-state index contributed by atoms with van der Waals surface area (Å²) in [5, 5.41) is 4.36. The molecule has 3 rings (SSSR count). The van der Waals surface area contributed by atoms with Crippen molar-refractivity contribution in [2.75, 3.05) is 13.1 Å². The van der Waals surface area contributed by atoms with E-state index in [1.807, 2.05) is 15.8 Å². The predicted molar refractivity (Wildman–Crippen MR) is 81.8 cm³/mol. The minimum atomic E-state index is 0.0735. The molecule has 5 heteroatoms. The van der Waals surface area contributed by atoms with Gasteiger partial charge in [-0.1, -0.05) is 6.42 Å². The van der Waals surface area contributed by atoms with Crippen LogP contribution < -0.4 is 5.73 Å². The molecule has 1 aromatic heterocycles. The van der Waals surface area contributed by atoms with E-state index in [0.29, 0.717) is 11.8 Å². The molecule has 2 aliphatic rings. The van der Waals surface area contributed by atoms with Crippen LogP contribution in [0.2, 0.25) is 0 Å². The van der Waals surface area contributed by atoms with Crippen LogP contribution in [0.3, 0.4) is 0 Å². The fraction of sp³-hybridized carbons (Fsp3) is 0.750. The van der Waals surface area contributed by atoms with Crippen LogP contribution in [0, 0.1) is 5.92 Å². The minimum absolute atomic E-state index is 0.0735. The SMILES string of the molecule is CCn1cc(C2CCN(C(=O)[C@@H]3CCC[C@H]3N)CC2)cn1. The summed E-state index contributed by atoms with van der Waals surface area (Å²) in [5.74, 6) is 0.915. The van der Waals surface area contributed by atoms with E-state index in [9.17, 15) is 4.79 Å². The van der Waals surface area contributed by atoms with Gasteiger partial charge in [-0.25, -0.2) is 0 Å². The highest BCUT2D eigenvalue weighted by molar-refractivity contribution is 5.80. The zero-order valence-corrected chi connectivity index (χ0v) is 12.9. The Labute approximate surface area is 126 Å². The average molecular weight is 290 g/mol. The highest BCUT2D eigenvalue weighted by Gasteiger charge is 2.35. The topological polar surface area (TPSA) is 64.2 Å². The molecule has 1 saturated heterocycles. The number of hydrogen-bond donors (Lipinski definition) is 1. The van der Waals surface area contributed by atoms with Crippen LogP contribution in [-0.4, -0.2) is 39.7 Å². The van der Waals surface area contributed by atoms with Crippen molar-refractivity contribution in [3.8, 4) is 0 Å². The first-order valence-electron chi connectivity index (χ1n) is 8.25. The maximum absolute atomic E-state index is 12.5. The monoisotopic (exact) mass is 290 g/mol. The van der Waals surface area contributed by atoms with E-state index in [2.05, 4.69) is 18.2 Å². The van der Waals surface area contributed by atoms with Crippen molar-refractivity contribution < 1.29 is 4.79 Å². The molecule has 1 aliphatic heterocycles. The van der Waals surface area contributed by atoms with E-state index in [0.717, 1.165) is 51.7 Å². The van der Waals surface area contributed by atoms with Crippen LogP contribution in [0.4, 0.5) is 0 Å². The molecule has 1 aliphatic carbocycles. The third-order valence-electron chi connectivity index (χ3n) is 5.14. The third kappa shape index (κ3) is 2.98. The molecule has 2 N–H and O–H groups in total. The van der Waals surface area contributed by atoms with Crippen molar-refractivity contribution >= 4 is 5.91 Å². The van der Waals surface area contributed by atoms with E-state index in [1.165, 1.54) is 5.56 Å². The van der Waals surface area contributed by atoms with Crippen LogP contribution in [-0.2, 0) is 11.3 Å². The molecule has 2 fully saturated rings. The molecule has 0 spiro atoms. The van der Waals surface area contributed by atoms with Crippen LogP contribution >= 0.6 is 0 Å². The first-order chi connectivity index (χ1) is 10.2. The maximum Gasteiger partial charge on any atom is 0.227 e. The average Bonchev–Trinajstić information content (AvgIpc) is 3.15. The van der Waals surface area contributed by atoms with Crippen molar-refractivity contribution in [2.24, 2.45) is 11.7 Å². The molecule has 0 radical (unpaired) electrons. The molecule has 21 heavy (non-hydrogen) atoms. The summed E-state index contributed by atoms with van der Waals surface area (Å²) in [6, 6.07) is 0.0815. The van der Waals surface area contributed by atoms with Gasteiger partial charge >= 0.3 is 0 Å². The molecule has 0 bridgehead atoms. The van der Waals surface area contributed by atoms with Crippen LogP contribution in [0.15, 0.2) is 12.4 Å². The van der Waals surface area contributed by atoms with Crippen LogP contribution in [0.5, 0.6) is 0 Å². The van der Waals surface area contributed by atoms with Crippen molar-refractivity contribution in [3.63, 3.8) is 0 Å². The first-order valence-corrected chi connectivity index (χ1v) is 8.25. The number of likely N-dealkylation sites (tertiary alicyclic amines) is 1. The van der Waals surface area contributed by atoms with Gasteiger partial charge in [0.15, 0.2) is 0 Å². The van der Waals surface area contributed by atoms with E-state index >= 15 is 0 Å². The smallest absolute Gasteiger partial charge is 0.227 e. The van der Waals surface area contributed by atoms with Gasteiger partial charge in [0, 0.05) is 31.9 Å². The van der Waals surface area contributed by atoms with Crippen LogP contribution in [0.1, 0.15) is 50.5 Å². The minimum Gasteiger partial charge on any atom is -0.342 e. The van der Waals surface area contributed by atoms with Gasteiger partial charge < -0.3 is 10.6 Å². The Bertz CT molecular complexity index is 490. The lowest BCUT2D eigenvalue weighted by molar-refractivity contribution is -0.136. The van der Waals surface area contributed by atoms with Gasteiger partial charge in [-0.05, 0) is 44.1 Å². The van der Waals surface area contributed by atoms with Gasteiger partial charge in [0.1, 0.15) is 0 Å². The number of aryl methyl sites for hydroxylation is 1. The summed E-state index contributed by atoms with van der Waals surface area (Å²) >= 11 is 0. The fourth-order valence-electron chi connectivity index (χ4n) is 3.73. The standard InChI is InChI=1S/C16H26N4O/c1-2-20-11-13(10-18-20)12-6-8-19(9-7-12)16(21)14-4-3-5-15(14)17/h10-12,14-15H,2-9,17H2,1H3/t14-,15-/m1/s1. The van der Waals surface area contributed by atoms with Gasteiger partial charge in [0.2, 0.25) is 5.91 Å². The molecule has 0 aromatic carbocycles. The van der Waals surface area contributed by atoms with Crippen molar-refractivity contribution in [2.45, 2.75) is 57.5 Å². The number of aromatic nitrogens is 2. The number of amides is 1. The second-order valence-electron chi connectivity index (χ2n) is 6.43. The number of rotatable bonds is 3. The van der Waals surface area contributed by atoms with E-state index in [4.69, 9.17) is 5.73 Å². The predicted octanol–water partition coefficient (Wildman–Crippen LogP) is 1.74. The zero-order chi connectivity index (χ0) is 14.8. The highest BCUT2D eigenvalue weighted by Crippen LogP contribution is 2.31. The Morgan fingerprint density at radius 2 is 2.10 bits per heavy atom. The Hall–Kier alpha value is -1.36.